The molecule has 0 aliphatic heterocycles. The Bertz CT molecular complexity index is 991. The number of nitrogens with zero attached hydrogens (tertiary/aromatic N) is 1. The van der Waals surface area contributed by atoms with E-state index in [4.69, 9.17) is 9.47 Å². The highest BCUT2D eigenvalue weighted by molar-refractivity contribution is 7.98. The van der Waals surface area contributed by atoms with Crippen molar-refractivity contribution in [2.75, 3.05) is 6.26 Å². The number of esters is 1. The molecule has 0 heterocycles. The summed E-state index contributed by atoms with van der Waals surface area (Å²) < 4.78 is 11.2. The molecule has 0 aliphatic rings. The molecule has 0 atom stereocenters. The maximum absolute atomic E-state index is 12.4. The number of carbonyl (C=O) groups excluding carboxylic acids is 1. The predicted octanol–water partition coefficient (Wildman–Crippen LogP) is 5.47. The van der Waals surface area contributed by atoms with E-state index in [9.17, 15) is 14.9 Å². The highest BCUT2D eigenvalue weighted by Gasteiger charge is 2.18. The summed E-state index contributed by atoms with van der Waals surface area (Å²) in [6.45, 7) is -0.0140. The quantitative estimate of drug-likeness (QED) is 0.229. The molecule has 3 aromatic rings. The van der Waals surface area contributed by atoms with Crippen LogP contribution in [0.2, 0.25) is 0 Å². The Kier molecular flexibility index (Phi) is 6.29. The van der Waals surface area contributed by atoms with Crippen LogP contribution in [0.3, 0.4) is 0 Å². The first-order valence-corrected chi connectivity index (χ1v) is 9.61. The van der Waals surface area contributed by atoms with Crippen molar-refractivity contribution >= 4 is 23.4 Å². The van der Waals surface area contributed by atoms with Gasteiger partial charge in [0.05, 0.1) is 15.4 Å². The van der Waals surface area contributed by atoms with E-state index >= 15 is 0 Å². The van der Waals surface area contributed by atoms with Gasteiger partial charge in [-0.1, -0.05) is 36.4 Å². The number of hydrogen-bond donors (Lipinski definition) is 0. The Labute approximate surface area is 166 Å². The molecule has 0 spiro atoms. The van der Waals surface area contributed by atoms with Crippen LogP contribution in [0.25, 0.3) is 0 Å². The molecule has 6 nitrogen and oxygen atoms in total. The number of nitro groups is 1. The van der Waals surface area contributed by atoms with E-state index in [-0.39, 0.29) is 17.9 Å². The summed E-state index contributed by atoms with van der Waals surface area (Å²) >= 11 is 1.25. The topological polar surface area (TPSA) is 78.7 Å². The number of carbonyl (C=O) groups is 1. The third kappa shape index (κ3) is 4.69. The maximum Gasteiger partial charge on any atom is 0.338 e. The molecule has 0 amide bonds. The van der Waals surface area contributed by atoms with Crippen molar-refractivity contribution in [1.82, 2.24) is 0 Å². The maximum atomic E-state index is 12.4. The minimum Gasteiger partial charge on any atom is -0.457 e. The molecule has 0 aliphatic carbocycles. The highest BCUT2D eigenvalue weighted by atomic mass is 32.2. The third-order valence-electron chi connectivity index (χ3n) is 3.91. The number of hydrogen-bond acceptors (Lipinski definition) is 6. The van der Waals surface area contributed by atoms with E-state index in [0.717, 1.165) is 0 Å². The van der Waals surface area contributed by atoms with Crippen LogP contribution in [0.1, 0.15) is 15.9 Å². The molecular weight excluding hydrogens is 378 g/mol. The Hall–Kier alpha value is -3.32. The van der Waals surface area contributed by atoms with Crippen molar-refractivity contribution in [3.8, 4) is 11.5 Å². The fraction of sp³-hybridized carbons (Fsp3) is 0.0952. The Balaban J connectivity index is 1.73. The van der Waals surface area contributed by atoms with E-state index in [1.807, 2.05) is 42.5 Å². The Morgan fingerprint density at radius 2 is 1.75 bits per heavy atom. The monoisotopic (exact) mass is 395 g/mol. The molecule has 142 valence electrons. The SMILES string of the molecule is CSc1ccc(C(=O)OCc2ccccc2Oc2ccccc2)cc1[N+](=O)[O-]. The zero-order chi connectivity index (χ0) is 19.9. The summed E-state index contributed by atoms with van der Waals surface area (Å²) in [5, 5.41) is 11.2. The van der Waals surface area contributed by atoms with Gasteiger partial charge in [-0.25, -0.2) is 4.79 Å². The number of rotatable bonds is 7. The predicted molar refractivity (Wildman–Crippen MR) is 107 cm³/mol. The molecule has 0 radical (unpaired) electrons. The summed E-state index contributed by atoms with van der Waals surface area (Å²) in [6.07, 6.45) is 1.74. The number of para-hydroxylation sites is 2. The van der Waals surface area contributed by atoms with Crippen molar-refractivity contribution in [1.29, 1.82) is 0 Å². The molecule has 0 aromatic heterocycles. The van der Waals surface area contributed by atoms with Crippen molar-refractivity contribution in [2.45, 2.75) is 11.5 Å². The fourth-order valence-electron chi connectivity index (χ4n) is 2.52. The normalized spacial score (nSPS) is 10.3. The summed E-state index contributed by atoms with van der Waals surface area (Å²) in [6, 6.07) is 20.8. The van der Waals surface area contributed by atoms with E-state index in [2.05, 4.69) is 0 Å². The van der Waals surface area contributed by atoms with E-state index < -0.39 is 10.9 Å². The second kappa shape index (κ2) is 9.05. The lowest BCUT2D eigenvalue weighted by Crippen LogP contribution is -2.07. The van der Waals surface area contributed by atoms with Gasteiger partial charge >= 0.3 is 5.97 Å². The molecular formula is C21H17NO5S. The van der Waals surface area contributed by atoms with Crippen LogP contribution < -0.4 is 4.74 Å². The van der Waals surface area contributed by atoms with Gasteiger partial charge in [-0.2, -0.15) is 0 Å². The van der Waals surface area contributed by atoms with Crippen LogP contribution in [-0.4, -0.2) is 17.1 Å². The van der Waals surface area contributed by atoms with Crippen LogP contribution in [0.15, 0.2) is 77.7 Å². The molecule has 7 heteroatoms. The number of ether oxygens (including phenoxy) is 2. The minimum atomic E-state index is -0.634. The largest absolute Gasteiger partial charge is 0.457 e. The molecule has 0 saturated carbocycles. The summed E-state index contributed by atoms with van der Waals surface area (Å²) in [4.78, 5) is 23.5. The number of nitro benzene ring substituents is 1. The molecule has 3 rings (SSSR count). The Morgan fingerprint density at radius 3 is 2.46 bits per heavy atom. The van der Waals surface area contributed by atoms with Gasteiger partial charge < -0.3 is 9.47 Å². The van der Waals surface area contributed by atoms with E-state index in [0.29, 0.717) is 22.0 Å². The fourth-order valence-corrected chi connectivity index (χ4v) is 3.07. The summed E-state index contributed by atoms with van der Waals surface area (Å²) in [5.74, 6) is 0.611. The van der Waals surface area contributed by atoms with Gasteiger partial charge in [0, 0.05) is 11.6 Å². The van der Waals surface area contributed by atoms with Gasteiger partial charge in [-0.05, 0) is 36.6 Å². The number of thioether (sulfide) groups is 1. The third-order valence-corrected chi connectivity index (χ3v) is 4.70. The molecule has 0 fully saturated rings. The zero-order valence-electron chi connectivity index (χ0n) is 15.0. The standard InChI is InChI=1S/C21H17NO5S/c1-28-20-12-11-15(13-18(20)22(24)25)21(23)26-14-16-7-5-6-10-19(16)27-17-8-3-2-4-9-17/h2-13H,14H2,1H3. The first kappa shape index (κ1) is 19.4. The van der Waals surface area contributed by atoms with Gasteiger partial charge in [0.2, 0.25) is 0 Å². The van der Waals surface area contributed by atoms with Crippen LogP contribution in [0, 0.1) is 10.1 Å². The molecule has 28 heavy (non-hydrogen) atoms. The zero-order valence-corrected chi connectivity index (χ0v) is 15.8. The van der Waals surface area contributed by atoms with Gasteiger partial charge in [-0.3, -0.25) is 10.1 Å². The second-order valence-corrected chi connectivity index (χ2v) is 6.59. The van der Waals surface area contributed by atoms with Crippen molar-refractivity contribution < 1.29 is 19.2 Å². The number of benzene rings is 3. The smallest absolute Gasteiger partial charge is 0.338 e. The van der Waals surface area contributed by atoms with Crippen LogP contribution >= 0.6 is 11.8 Å². The summed E-state index contributed by atoms with van der Waals surface area (Å²) in [7, 11) is 0. The molecule has 0 unspecified atom stereocenters. The average Bonchev–Trinajstić information content (AvgIpc) is 2.73. The van der Waals surface area contributed by atoms with Gasteiger partial charge in [0.15, 0.2) is 0 Å². The van der Waals surface area contributed by atoms with E-state index in [1.54, 1.807) is 24.5 Å². The second-order valence-electron chi connectivity index (χ2n) is 5.74. The first-order valence-electron chi connectivity index (χ1n) is 8.39. The molecule has 0 bridgehead atoms. The summed E-state index contributed by atoms with van der Waals surface area (Å²) in [5.41, 5.74) is 0.704. The molecule has 0 N–H and O–H groups in total. The average molecular weight is 395 g/mol. The lowest BCUT2D eigenvalue weighted by molar-refractivity contribution is -0.387. The van der Waals surface area contributed by atoms with Crippen LogP contribution in [-0.2, 0) is 11.3 Å². The van der Waals surface area contributed by atoms with E-state index in [1.165, 1.54) is 23.9 Å². The molecule has 3 aromatic carbocycles. The van der Waals surface area contributed by atoms with Crippen LogP contribution in [0.4, 0.5) is 5.69 Å². The van der Waals surface area contributed by atoms with Gasteiger partial charge in [0.1, 0.15) is 18.1 Å². The highest BCUT2D eigenvalue weighted by Crippen LogP contribution is 2.29. The van der Waals surface area contributed by atoms with Crippen molar-refractivity contribution in [3.63, 3.8) is 0 Å². The lowest BCUT2D eigenvalue weighted by Gasteiger charge is -2.11. The van der Waals surface area contributed by atoms with Crippen molar-refractivity contribution in [3.05, 3.63) is 94.0 Å². The Morgan fingerprint density at radius 1 is 1.04 bits per heavy atom. The minimum absolute atomic E-state index is 0.0140. The van der Waals surface area contributed by atoms with Crippen molar-refractivity contribution in [2.24, 2.45) is 0 Å². The van der Waals surface area contributed by atoms with Gasteiger partial charge in [-0.15, -0.1) is 11.8 Å². The first-order chi connectivity index (χ1) is 13.6. The van der Waals surface area contributed by atoms with Gasteiger partial charge in [0.25, 0.3) is 5.69 Å². The van der Waals surface area contributed by atoms with Crippen LogP contribution in [0.5, 0.6) is 11.5 Å². The molecule has 0 saturated heterocycles. The lowest BCUT2D eigenvalue weighted by atomic mass is 10.2.